The minimum atomic E-state index is -0.818. The topological polar surface area (TPSA) is 106 Å². The normalized spacial score (nSPS) is 15.3. The van der Waals surface area contributed by atoms with Crippen molar-refractivity contribution in [2.45, 2.75) is 12.8 Å². The number of likely N-dealkylation sites (tertiary alicyclic amines) is 1. The van der Waals surface area contributed by atoms with E-state index in [0.717, 1.165) is 0 Å². The molecule has 8 heteroatoms. The molecule has 1 N–H and O–H groups in total. The lowest BCUT2D eigenvalue weighted by atomic mass is 9.97. The summed E-state index contributed by atoms with van der Waals surface area (Å²) in [6, 6.07) is 7.10. The maximum absolute atomic E-state index is 12.4. The molecule has 1 fully saturated rings. The van der Waals surface area contributed by atoms with E-state index in [1.165, 1.54) is 0 Å². The molecule has 1 saturated heterocycles. The standard InChI is InChI=1S/C16H17N3O5/c1-23-12-4-2-3-11(9-12)14-17-13(18-24-14)15(20)19-7-5-10(6-8-19)16(21)22/h2-4,9-10H,5-8H2,1H3,(H,21,22). The number of hydrogen-bond donors (Lipinski definition) is 1. The Labute approximate surface area is 138 Å². The highest BCUT2D eigenvalue weighted by molar-refractivity contribution is 5.91. The highest BCUT2D eigenvalue weighted by Gasteiger charge is 2.29. The van der Waals surface area contributed by atoms with E-state index in [2.05, 4.69) is 10.1 Å². The smallest absolute Gasteiger partial charge is 0.306 e. The van der Waals surface area contributed by atoms with Crippen LogP contribution in [0.2, 0.25) is 0 Å². The molecule has 3 rings (SSSR count). The molecule has 2 aromatic rings. The first-order chi connectivity index (χ1) is 11.6. The number of carboxylic acids is 1. The number of methoxy groups -OCH3 is 1. The van der Waals surface area contributed by atoms with Crippen LogP contribution >= 0.6 is 0 Å². The first kappa shape index (κ1) is 16.0. The second kappa shape index (κ2) is 6.69. The number of piperidine rings is 1. The van der Waals surface area contributed by atoms with Crippen LogP contribution in [0, 0.1) is 5.92 Å². The number of ether oxygens (including phenoxy) is 1. The van der Waals surface area contributed by atoms with Crippen LogP contribution in [0.25, 0.3) is 11.5 Å². The molecule has 1 amide bonds. The lowest BCUT2D eigenvalue weighted by Crippen LogP contribution is -2.40. The van der Waals surface area contributed by atoms with Crippen LogP contribution in [0.4, 0.5) is 0 Å². The fourth-order valence-electron chi connectivity index (χ4n) is 2.65. The SMILES string of the molecule is COc1cccc(-c2nc(C(=O)N3CCC(C(=O)O)CC3)no2)c1. The van der Waals surface area contributed by atoms with Gasteiger partial charge in [-0.25, -0.2) is 0 Å². The lowest BCUT2D eigenvalue weighted by Gasteiger charge is -2.29. The summed E-state index contributed by atoms with van der Waals surface area (Å²) in [6.07, 6.45) is 0.864. The number of carbonyl (C=O) groups excluding carboxylic acids is 1. The first-order valence-electron chi connectivity index (χ1n) is 7.58. The molecule has 1 aromatic carbocycles. The number of nitrogens with zero attached hydrogens (tertiary/aromatic N) is 3. The second-order valence-corrected chi connectivity index (χ2v) is 5.56. The molecule has 1 aliphatic heterocycles. The van der Waals surface area contributed by atoms with Gasteiger partial charge >= 0.3 is 5.97 Å². The first-order valence-corrected chi connectivity index (χ1v) is 7.58. The molecule has 126 valence electrons. The van der Waals surface area contributed by atoms with Crippen LogP contribution in [-0.2, 0) is 4.79 Å². The van der Waals surface area contributed by atoms with E-state index in [9.17, 15) is 9.59 Å². The Kier molecular flexibility index (Phi) is 4.45. The molecule has 24 heavy (non-hydrogen) atoms. The minimum Gasteiger partial charge on any atom is -0.497 e. The third-order valence-corrected chi connectivity index (χ3v) is 4.07. The van der Waals surface area contributed by atoms with Gasteiger partial charge in [-0.15, -0.1) is 0 Å². The van der Waals surface area contributed by atoms with Gasteiger partial charge in [-0.1, -0.05) is 11.2 Å². The van der Waals surface area contributed by atoms with Gasteiger partial charge in [0.15, 0.2) is 0 Å². The largest absolute Gasteiger partial charge is 0.497 e. The van der Waals surface area contributed by atoms with Gasteiger partial charge in [0.1, 0.15) is 5.75 Å². The Balaban J connectivity index is 1.71. The van der Waals surface area contributed by atoms with Crippen molar-refractivity contribution < 1.29 is 24.0 Å². The summed E-state index contributed by atoms with van der Waals surface area (Å²) in [7, 11) is 1.56. The monoisotopic (exact) mass is 331 g/mol. The van der Waals surface area contributed by atoms with E-state index in [1.807, 2.05) is 0 Å². The Bertz CT molecular complexity index is 750. The van der Waals surface area contributed by atoms with Gasteiger partial charge in [0.25, 0.3) is 17.6 Å². The number of hydrogen-bond acceptors (Lipinski definition) is 6. The summed E-state index contributed by atoms with van der Waals surface area (Å²) in [6.45, 7) is 0.748. The van der Waals surface area contributed by atoms with Gasteiger partial charge in [-0.3, -0.25) is 9.59 Å². The molecular weight excluding hydrogens is 314 g/mol. The average Bonchev–Trinajstić information content (AvgIpc) is 3.11. The highest BCUT2D eigenvalue weighted by atomic mass is 16.5. The summed E-state index contributed by atoms with van der Waals surface area (Å²) in [5.41, 5.74) is 0.658. The summed E-state index contributed by atoms with van der Waals surface area (Å²) in [4.78, 5) is 29.1. The van der Waals surface area contributed by atoms with Crippen LogP contribution < -0.4 is 4.74 Å². The fraction of sp³-hybridized carbons (Fsp3) is 0.375. The van der Waals surface area contributed by atoms with E-state index in [-0.39, 0.29) is 17.6 Å². The van der Waals surface area contributed by atoms with E-state index < -0.39 is 11.9 Å². The van der Waals surface area contributed by atoms with Gasteiger partial charge in [0.2, 0.25) is 0 Å². The minimum absolute atomic E-state index is 0.0263. The fourth-order valence-corrected chi connectivity index (χ4v) is 2.65. The number of aromatic nitrogens is 2. The maximum Gasteiger partial charge on any atom is 0.306 e. The van der Waals surface area contributed by atoms with Crippen LogP contribution in [0.3, 0.4) is 0 Å². The van der Waals surface area contributed by atoms with E-state index in [0.29, 0.717) is 37.2 Å². The summed E-state index contributed by atoms with van der Waals surface area (Å²) >= 11 is 0. The van der Waals surface area contributed by atoms with Crippen molar-refractivity contribution in [2.24, 2.45) is 5.92 Å². The van der Waals surface area contributed by atoms with E-state index in [4.69, 9.17) is 14.4 Å². The Hall–Kier alpha value is -2.90. The van der Waals surface area contributed by atoms with Gasteiger partial charge in [-0.2, -0.15) is 4.98 Å². The second-order valence-electron chi connectivity index (χ2n) is 5.56. The molecule has 1 aliphatic rings. The zero-order chi connectivity index (χ0) is 17.1. The molecular formula is C16H17N3O5. The quantitative estimate of drug-likeness (QED) is 0.908. The number of carbonyl (C=O) groups is 2. The predicted octanol–water partition coefficient (Wildman–Crippen LogP) is 1.68. The van der Waals surface area contributed by atoms with Crippen LogP contribution in [-0.4, -0.2) is 52.2 Å². The maximum atomic E-state index is 12.4. The van der Waals surface area contributed by atoms with Gasteiger partial charge in [0, 0.05) is 18.7 Å². The van der Waals surface area contributed by atoms with Crippen molar-refractivity contribution in [3.8, 4) is 17.2 Å². The van der Waals surface area contributed by atoms with Crippen LogP contribution in [0.1, 0.15) is 23.5 Å². The third kappa shape index (κ3) is 3.22. The molecule has 0 radical (unpaired) electrons. The van der Waals surface area contributed by atoms with Crippen molar-refractivity contribution >= 4 is 11.9 Å². The lowest BCUT2D eigenvalue weighted by molar-refractivity contribution is -0.143. The highest BCUT2D eigenvalue weighted by Crippen LogP contribution is 2.23. The van der Waals surface area contributed by atoms with E-state index in [1.54, 1.807) is 36.3 Å². The zero-order valence-electron chi connectivity index (χ0n) is 13.1. The summed E-state index contributed by atoms with van der Waals surface area (Å²) in [5, 5.41) is 12.7. The molecule has 0 atom stereocenters. The number of amides is 1. The van der Waals surface area contributed by atoms with E-state index >= 15 is 0 Å². The summed E-state index contributed by atoms with van der Waals surface area (Å²) < 4.78 is 10.3. The zero-order valence-corrected chi connectivity index (χ0v) is 13.1. The molecule has 0 saturated carbocycles. The summed E-state index contributed by atoms with van der Waals surface area (Å²) in [5.74, 6) is -0.709. The molecule has 2 heterocycles. The van der Waals surface area contributed by atoms with Gasteiger partial charge in [-0.05, 0) is 31.0 Å². The number of carboxylic acid groups (broad SMARTS) is 1. The molecule has 0 bridgehead atoms. The third-order valence-electron chi connectivity index (χ3n) is 4.07. The molecule has 0 aliphatic carbocycles. The average molecular weight is 331 g/mol. The number of benzene rings is 1. The molecule has 0 unspecified atom stereocenters. The molecule has 8 nitrogen and oxygen atoms in total. The van der Waals surface area contributed by atoms with Gasteiger partial charge in [0.05, 0.1) is 13.0 Å². The Morgan fingerprint density at radius 1 is 1.33 bits per heavy atom. The predicted molar refractivity (Wildman–Crippen MR) is 82.5 cm³/mol. The van der Waals surface area contributed by atoms with Crippen molar-refractivity contribution in [2.75, 3.05) is 20.2 Å². The van der Waals surface area contributed by atoms with Crippen molar-refractivity contribution in [1.29, 1.82) is 0 Å². The van der Waals surface area contributed by atoms with Crippen LogP contribution in [0.5, 0.6) is 5.75 Å². The van der Waals surface area contributed by atoms with Crippen molar-refractivity contribution in [3.63, 3.8) is 0 Å². The molecule has 1 aromatic heterocycles. The van der Waals surface area contributed by atoms with Gasteiger partial charge < -0.3 is 19.3 Å². The van der Waals surface area contributed by atoms with Crippen molar-refractivity contribution in [3.05, 3.63) is 30.1 Å². The number of aliphatic carboxylic acids is 1. The Morgan fingerprint density at radius 3 is 2.75 bits per heavy atom. The molecule has 0 spiro atoms. The van der Waals surface area contributed by atoms with Crippen molar-refractivity contribution in [1.82, 2.24) is 15.0 Å². The number of rotatable bonds is 4. The Morgan fingerprint density at radius 2 is 2.08 bits per heavy atom. The van der Waals surface area contributed by atoms with Crippen LogP contribution in [0.15, 0.2) is 28.8 Å².